The van der Waals surface area contributed by atoms with Gasteiger partial charge in [0, 0.05) is 17.1 Å². The van der Waals surface area contributed by atoms with Crippen molar-refractivity contribution in [3.63, 3.8) is 0 Å². The van der Waals surface area contributed by atoms with Gasteiger partial charge in [-0.15, -0.1) is 0 Å². The Morgan fingerprint density at radius 2 is 1.74 bits per heavy atom. The third-order valence-corrected chi connectivity index (χ3v) is 5.82. The highest BCUT2D eigenvalue weighted by atomic mass is 79.9. The minimum atomic E-state index is -0.509. The quantitative estimate of drug-likeness (QED) is 0.737. The molecule has 3 aliphatic rings. The van der Waals surface area contributed by atoms with Gasteiger partial charge in [-0.25, -0.2) is 0 Å². The number of imide groups is 1. The first kappa shape index (κ1) is 14.8. The number of fused-ring (bicyclic) bond motifs is 5. The van der Waals surface area contributed by atoms with Crippen LogP contribution in [0.5, 0.6) is 0 Å². The van der Waals surface area contributed by atoms with E-state index in [0.717, 1.165) is 14.9 Å². The van der Waals surface area contributed by atoms with Crippen LogP contribution in [-0.2, 0) is 20.9 Å². The van der Waals surface area contributed by atoms with E-state index >= 15 is 0 Å². The molecule has 6 heteroatoms. The van der Waals surface area contributed by atoms with E-state index < -0.39 is 17.9 Å². The van der Waals surface area contributed by atoms with Gasteiger partial charge in [-0.2, -0.15) is 0 Å². The Kier molecular flexibility index (Phi) is 3.28. The second-order valence-corrected chi connectivity index (χ2v) is 7.35. The van der Waals surface area contributed by atoms with Crippen molar-refractivity contribution in [2.45, 2.75) is 18.6 Å². The summed E-state index contributed by atoms with van der Waals surface area (Å²) in [4.78, 5) is 39.5. The molecule has 2 saturated heterocycles. The minimum absolute atomic E-state index is 0.0442. The van der Waals surface area contributed by atoms with Crippen LogP contribution in [0.2, 0.25) is 0 Å². The Labute approximate surface area is 142 Å². The first-order valence-corrected chi connectivity index (χ1v) is 8.42. The van der Waals surface area contributed by atoms with E-state index in [1.807, 2.05) is 30.3 Å². The van der Waals surface area contributed by atoms with Gasteiger partial charge in [0.2, 0.25) is 17.6 Å². The van der Waals surface area contributed by atoms with Crippen LogP contribution in [0.4, 0.5) is 0 Å². The number of nitrogens with zero attached hydrogens (tertiary/aromatic N) is 1. The molecule has 5 atom stereocenters. The van der Waals surface area contributed by atoms with Crippen LogP contribution in [0.1, 0.15) is 5.56 Å². The van der Waals surface area contributed by atoms with Crippen molar-refractivity contribution in [1.29, 1.82) is 0 Å². The monoisotopic (exact) mass is 375 g/mol. The average molecular weight is 376 g/mol. The lowest BCUT2D eigenvalue weighted by atomic mass is 9.90. The third kappa shape index (κ3) is 2.05. The number of carbonyl (C=O) groups is 3. The topological polar surface area (TPSA) is 58.9 Å². The summed E-state index contributed by atoms with van der Waals surface area (Å²) in [5, 5.41) is 0. The van der Waals surface area contributed by atoms with Crippen molar-refractivity contribution in [2.75, 3.05) is 7.05 Å². The molecule has 1 N–H and O–H groups in total. The number of rotatable bonds is 2. The Bertz CT molecular complexity index is 743. The maximum atomic E-state index is 12.4. The number of benzene rings is 1. The van der Waals surface area contributed by atoms with E-state index in [1.54, 1.807) is 6.08 Å². The van der Waals surface area contributed by atoms with Gasteiger partial charge in [0.1, 0.15) is 24.4 Å². The fourth-order valence-electron chi connectivity index (χ4n) is 4.23. The second kappa shape index (κ2) is 5.11. The zero-order chi connectivity index (χ0) is 16.3. The van der Waals surface area contributed by atoms with Crippen molar-refractivity contribution in [1.82, 2.24) is 4.90 Å². The molecule has 0 radical (unpaired) electrons. The summed E-state index contributed by atoms with van der Waals surface area (Å²) < 4.78 is 0.998. The van der Waals surface area contributed by atoms with Crippen LogP contribution < -0.4 is 4.90 Å². The number of ketones is 1. The summed E-state index contributed by atoms with van der Waals surface area (Å²) in [6.07, 6.45) is 3.38. The summed E-state index contributed by atoms with van der Waals surface area (Å²) in [5.41, 5.74) is 1.09. The molecule has 0 saturated carbocycles. The molecular formula is C17H16BrN2O3+. The molecule has 3 heterocycles. The summed E-state index contributed by atoms with van der Waals surface area (Å²) in [6.45, 7) is 0.635. The standard InChI is InChI=1S/C17H15BrN2O3/c1-19-16(22)13-11-6-7-12(21)15(14(13)17(19)23)20(11)8-9-2-4-10(18)5-3-9/h2-7,11,13-15H,8H2,1H3/p+1/t11-,13+,14-,15+/m1/s1. The van der Waals surface area contributed by atoms with E-state index in [4.69, 9.17) is 0 Å². The Morgan fingerprint density at radius 1 is 1.09 bits per heavy atom. The Hall–Kier alpha value is -1.79. The number of halogens is 1. The molecule has 0 aliphatic carbocycles. The van der Waals surface area contributed by atoms with Crippen LogP contribution >= 0.6 is 15.9 Å². The van der Waals surface area contributed by atoms with Crippen LogP contribution in [0.3, 0.4) is 0 Å². The molecule has 5 nitrogen and oxygen atoms in total. The highest BCUT2D eigenvalue weighted by Gasteiger charge is 2.66. The van der Waals surface area contributed by atoms with Crippen molar-refractivity contribution in [2.24, 2.45) is 11.8 Å². The van der Waals surface area contributed by atoms with Gasteiger partial charge in [0.25, 0.3) is 0 Å². The van der Waals surface area contributed by atoms with E-state index in [0.29, 0.717) is 6.54 Å². The molecule has 2 bridgehead atoms. The van der Waals surface area contributed by atoms with Gasteiger partial charge >= 0.3 is 0 Å². The van der Waals surface area contributed by atoms with Crippen LogP contribution in [0.15, 0.2) is 40.9 Å². The number of quaternary nitrogens is 1. The van der Waals surface area contributed by atoms with Crippen molar-refractivity contribution in [3.8, 4) is 0 Å². The number of likely N-dealkylation sites (tertiary alicyclic amines) is 1. The smallest absolute Gasteiger partial charge is 0.239 e. The van der Waals surface area contributed by atoms with Gasteiger partial charge < -0.3 is 4.90 Å². The molecule has 4 rings (SSSR count). The average Bonchev–Trinajstić information content (AvgIpc) is 2.89. The highest BCUT2D eigenvalue weighted by molar-refractivity contribution is 9.10. The fraction of sp³-hybridized carbons (Fsp3) is 0.353. The van der Waals surface area contributed by atoms with Crippen molar-refractivity contribution >= 4 is 33.5 Å². The molecule has 23 heavy (non-hydrogen) atoms. The number of hydrogen-bond donors (Lipinski definition) is 1. The maximum Gasteiger partial charge on any atom is 0.239 e. The predicted molar refractivity (Wildman–Crippen MR) is 85.3 cm³/mol. The lowest BCUT2D eigenvalue weighted by molar-refractivity contribution is -0.937. The van der Waals surface area contributed by atoms with Gasteiger partial charge in [0.15, 0.2) is 6.04 Å². The normalized spacial score (nSPS) is 35.1. The highest BCUT2D eigenvalue weighted by Crippen LogP contribution is 2.36. The summed E-state index contributed by atoms with van der Waals surface area (Å²) in [7, 11) is 1.52. The third-order valence-electron chi connectivity index (χ3n) is 5.29. The minimum Gasteiger partial charge on any atom is -0.315 e. The SMILES string of the molecule is CN1C(=O)[C@@H]2[C@@H](C1=O)[C@@H]1C(=O)C=C[C@H]2[NH+]1Cc1ccc(Br)cc1. The van der Waals surface area contributed by atoms with Gasteiger partial charge in [-0.1, -0.05) is 28.1 Å². The number of hydrogen-bond acceptors (Lipinski definition) is 3. The largest absolute Gasteiger partial charge is 0.315 e. The lowest BCUT2D eigenvalue weighted by Gasteiger charge is -2.30. The lowest BCUT2D eigenvalue weighted by Crippen LogP contribution is -3.18. The molecule has 3 aliphatic heterocycles. The maximum absolute atomic E-state index is 12.4. The molecule has 1 aromatic carbocycles. The molecule has 2 fully saturated rings. The second-order valence-electron chi connectivity index (χ2n) is 6.43. The van der Waals surface area contributed by atoms with E-state index in [1.165, 1.54) is 11.9 Å². The van der Waals surface area contributed by atoms with E-state index in [2.05, 4.69) is 15.9 Å². The Morgan fingerprint density at radius 3 is 2.43 bits per heavy atom. The number of nitrogens with one attached hydrogen (secondary N) is 1. The summed E-state index contributed by atoms with van der Waals surface area (Å²) >= 11 is 3.41. The summed E-state index contributed by atoms with van der Waals surface area (Å²) in [5.74, 6) is -1.31. The molecule has 1 aromatic rings. The molecular weight excluding hydrogens is 360 g/mol. The zero-order valence-electron chi connectivity index (χ0n) is 12.5. The molecule has 2 amide bonds. The zero-order valence-corrected chi connectivity index (χ0v) is 14.1. The van der Waals surface area contributed by atoms with E-state index in [9.17, 15) is 14.4 Å². The van der Waals surface area contributed by atoms with Crippen LogP contribution in [0, 0.1) is 11.8 Å². The van der Waals surface area contributed by atoms with Crippen LogP contribution in [0.25, 0.3) is 0 Å². The molecule has 0 spiro atoms. The van der Waals surface area contributed by atoms with Crippen LogP contribution in [-0.4, -0.2) is 41.6 Å². The Balaban J connectivity index is 1.71. The van der Waals surface area contributed by atoms with E-state index in [-0.39, 0.29) is 23.6 Å². The number of amides is 2. The van der Waals surface area contributed by atoms with Gasteiger partial charge in [0.05, 0.1) is 0 Å². The fourth-order valence-corrected chi connectivity index (χ4v) is 4.49. The summed E-state index contributed by atoms with van der Waals surface area (Å²) in [6, 6.07) is 7.38. The van der Waals surface area contributed by atoms with Crippen molar-refractivity contribution < 1.29 is 19.3 Å². The molecule has 0 aromatic heterocycles. The predicted octanol–water partition coefficient (Wildman–Crippen LogP) is -0.0453. The van der Waals surface area contributed by atoms with Crippen molar-refractivity contribution in [3.05, 3.63) is 46.5 Å². The first-order valence-electron chi connectivity index (χ1n) is 7.62. The molecule has 1 unspecified atom stereocenters. The van der Waals surface area contributed by atoms with Gasteiger partial charge in [-0.05, 0) is 24.3 Å². The first-order chi connectivity index (χ1) is 11.0. The molecule has 118 valence electrons. The number of carbonyl (C=O) groups excluding carboxylic acids is 3. The van der Waals surface area contributed by atoms with Gasteiger partial charge in [-0.3, -0.25) is 19.3 Å².